The smallest absolute Gasteiger partial charge is 0.263 e. The predicted octanol–water partition coefficient (Wildman–Crippen LogP) is 1.07. The third kappa shape index (κ3) is 2.87. The average molecular weight is 346 g/mol. The van der Waals surface area contributed by atoms with Gasteiger partial charge in [-0.05, 0) is 30.7 Å². The third-order valence-electron chi connectivity index (χ3n) is 4.30. The normalized spacial score (nSPS) is 17.9. The number of sulfone groups is 1. The number of carbonyl (C=O) groups is 1. The van der Waals surface area contributed by atoms with Crippen LogP contribution in [0.2, 0.25) is 0 Å². The summed E-state index contributed by atoms with van der Waals surface area (Å²) >= 11 is 0. The van der Waals surface area contributed by atoms with Crippen LogP contribution in [0.1, 0.15) is 16.8 Å². The van der Waals surface area contributed by atoms with Gasteiger partial charge in [0.2, 0.25) is 0 Å². The number of amides is 1. The number of hydrogen-bond acceptors (Lipinski definition) is 4. The summed E-state index contributed by atoms with van der Waals surface area (Å²) in [5, 5.41) is -0.642. The van der Waals surface area contributed by atoms with E-state index in [4.69, 9.17) is 0 Å². The van der Waals surface area contributed by atoms with Crippen LogP contribution < -0.4 is 5.56 Å². The van der Waals surface area contributed by atoms with Crippen LogP contribution in [0.4, 0.5) is 0 Å². The molecule has 7 heteroatoms. The molecule has 0 unspecified atom stereocenters. The summed E-state index contributed by atoms with van der Waals surface area (Å²) in [6.45, 7) is 0.432. The minimum absolute atomic E-state index is 0.0674. The van der Waals surface area contributed by atoms with Crippen LogP contribution in [-0.4, -0.2) is 42.1 Å². The number of aromatic nitrogens is 1. The molecule has 1 saturated heterocycles. The average Bonchev–Trinajstić information content (AvgIpc) is 3.08. The molecular weight excluding hydrogens is 328 g/mol. The van der Waals surface area contributed by atoms with Crippen LogP contribution in [0.15, 0.2) is 58.4 Å². The van der Waals surface area contributed by atoms with Gasteiger partial charge < -0.3 is 9.47 Å². The second-order valence-corrected chi connectivity index (χ2v) is 8.09. The van der Waals surface area contributed by atoms with Gasteiger partial charge in [-0.3, -0.25) is 9.59 Å². The number of rotatable bonds is 3. The summed E-state index contributed by atoms with van der Waals surface area (Å²) in [7, 11) is -1.91. The summed E-state index contributed by atoms with van der Waals surface area (Å²) < 4.78 is 26.6. The number of hydrogen-bond donors (Lipinski definition) is 0. The van der Waals surface area contributed by atoms with Crippen LogP contribution in [-0.2, 0) is 16.9 Å². The highest BCUT2D eigenvalue weighted by molar-refractivity contribution is 7.92. The van der Waals surface area contributed by atoms with E-state index in [0.717, 1.165) is 0 Å². The first-order valence-electron chi connectivity index (χ1n) is 7.65. The van der Waals surface area contributed by atoms with Crippen LogP contribution in [0.5, 0.6) is 0 Å². The van der Waals surface area contributed by atoms with Gasteiger partial charge in [0.1, 0.15) is 5.56 Å². The van der Waals surface area contributed by atoms with Crippen molar-refractivity contribution in [3.8, 4) is 0 Å². The largest absolute Gasteiger partial charge is 0.337 e. The van der Waals surface area contributed by atoms with Gasteiger partial charge in [-0.1, -0.05) is 18.2 Å². The maximum atomic E-state index is 12.7. The molecule has 0 spiro atoms. The second kappa shape index (κ2) is 6.24. The van der Waals surface area contributed by atoms with Crippen molar-refractivity contribution in [1.29, 1.82) is 0 Å². The summed E-state index contributed by atoms with van der Waals surface area (Å²) in [5.74, 6) is -0.415. The molecule has 2 heterocycles. The van der Waals surface area contributed by atoms with Gasteiger partial charge in [0.25, 0.3) is 11.5 Å². The Hall–Kier alpha value is -2.41. The number of carbonyl (C=O) groups excluding carboxylic acids is 1. The lowest BCUT2D eigenvalue weighted by molar-refractivity contribution is 0.0791. The van der Waals surface area contributed by atoms with Crippen molar-refractivity contribution in [1.82, 2.24) is 9.47 Å². The molecule has 2 aromatic rings. The van der Waals surface area contributed by atoms with E-state index < -0.39 is 21.0 Å². The Kier molecular flexibility index (Phi) is 4.28. The predicted molar refractivity (Wildman–Crippen MR) is 89.6 cm³/mol. The Morgan fingerprint density at radius 1 is 1.12 bits per heavy atom. The molecule has 1 amide bonds. The summed E-state index contributed by atoms with van der Waals surface area (Å²) in [4.78, 5) is 26.3. The van der Waals surface area contributed by atoms with Crippen LogP contribution in [0.25, 0.3) is 0 Å². The molecule has 1 aromatic carbocycles. The Morgan fingerprint density at radius 2 is 1.83 bits per heavy atom. The van der Waals surface area contributed by atoms with Gasteiger partial charge in [0.05, 0.1) is 10.1 Å². The first-order chi connectivity index (χ1) is 11.4. The lowest BCUT2D eigenvalue weighted by Crippen LogP contribution is -2.36. The fourth-order valence-corrected chi connectivity index (χ4v) is 4.61. The Balaban J connectivity index is 1.82. The van der Waals surface area contributed by atoms with E-state index >= 15 is 0 Å². The minimum atomic E-state index is -3.48. The fourth-order valence-electron chi connectivity index (χ4n) is 2.90. The van der Waals surface area contributed by atoms with E-state index in [1.165, 1.54) is 15.5 Å². The maximum absolute atomic E-state index is 12.7. The van der Waals surface area contributed by atoms with Gasteiger partial charge in [-0.25, -0.2) is 8.42 Å². The van der Waals surface area contributed by atoms with Gasteiger partial charge in [-0.15, -0.1) is 0 Å². The molecule has 0 bridgehead atoms. The third-order valence-corrected chi connectivity index (χ3v) is 6.49. The number of aryl methyl sites for hydroxylation is 1. The van der Waals surface area contributed by atoms with E-state index in [9.17, 15) is 18.0 Å². The summed E-state index contributed by atoms with van der Waals surface area (Å²) in [5.41, 5.74) is -0.311. The molecule has 1 aliphatic heterocycles. The number of likely N-dealkylation sites (tertiary alicyclic amines) is 1. The summed E-state index contributed by atoms with van der Waals surface area (Å²) in [6, 6.07) is 11.3. The molecule has 1 aliphatic rings. The van der Waals surface area contributed by atoms with Crippen molar-refractivity contribution in [3.63, 3.8) is 0 Å². The molecule has 0 N–H and O–H groups in total. The molecule has 0 saturated carbocycles. The molecular formula is C17H18N2O4S. The second-order valence-electron chi connectivity index (χ2n) is 5.86. The van der Waals surface area contributed by atoms with E-state index in [1.54, 1.807) is 49.6 Å². The molecule has 3 rings (SSSR count). The minimum Gasteiger partial charge on any atom is -0.337 e. The molecule has 6 nitrogen and oxygen atoms in total. The zero-order valence-electron chi connectivity index (χ0n) is 13.3. The van der Waals surface area contributed by atoms with E-state index in [0.29, 0.717) is 13.0 Å². The Morgan fingerprint density at radius 3 is 2.54 bits per heavy atom. The first kappa shape index (κ1) is 16.4. The highest BCUT2D eigenvalue weighted by Crippen LogP contribution is 2.24. The molecule has 0 aliphatic carbocycles. The zero-order valence-corrected chi connectivity index (χ0v) is 14.1. The lowest BCUT2D eigenvalue weighted by atomic mass is 10.2. The van der Waals surface area contributed by atoms with E-state index in [2.05, 4.69) is 0 Å². The SMILES string of the molecule is Cn1cccc(C(=O)N2CC[C@H](S(=O)(=O)c3ccccc3)C2)c1=O. The molecule has 126 valence electrons. The maximum Gasteiger partial charge on any atom is 0.263 e. The van der Waals surface area contributed by atoms with Crippen molar-refractivity contribution >= 4 is 15.7 Å². The summed E-state index contributed by atoms with van der Waals surface area (Å²) in [6.07, 6.45) is 1.95. The number of nitrogens with zero attached hydrogens (tertiary/aromatic N) is 2. The van der Waals surface area contributed by atoms with Crippen molar-refractivity contribution in [2.45, 2.75) is 16.6 Å². The van der Waals surface area contributed by atoms with Crippen LogP contribution in [0.3, 0.4) is 0 Å². The van der Waals surface area contributed by atoms with Crippen molar-refractivity contribution in [2.75, 3.05) is 13.1 Å². The van der Waals surface area contributed by atoms with Crippen molar-refractivity contribution < 1.29 is 13.2 Å². The highest BCUT2D eigenvalue weighted by atomic mass is 32.2. The van der Waals surface area contributed by atoms with Crippen molar-refractivity contribution in [3.05, 3.63) is 64.6 Å². The van der Waals surface area contributed by atoms with E-state index in [-0.39, 0.29) is 22.6 Å². The quantitative estimate of drug-likeness (QED) is 0.833. The molecule has 0 radical (unpaired) electrons. The topological polar surface area (TPSA) is 76.5 Å². The lowest BCUT2D eigenvalue weighted by Gasteiger charge is -2.17. The molecule has 1 aromatic heterocycles. The number of benzene rings is 1. The van der Waals surface area contributed by atoms with Gasteiger partial charge >= 0.3 is 0 Å². The molecule has 1 fully saturated rings. The Labute approximate surface area is 140 Å². The van der Waals surface area contributed by atoms with Crippen molar-refractivity contribution in [2.24, 2.45) is 7.05 Å². The van der Waals surface area contributed by atoms with Crippen LogP contribution >= 0.6 is 0 Å². The van der Waals surface area contributed by atoms with Crippen LogP contribution in [0, 0.1) is 0 Å². The Bertz CT molecular complexity index is 919. The first-order valence-corrected chi connectivity index (χ1v) is 9.20. The number of pyridine rings is 1. The molecule has 1 atom stereocenters. The molecule has 24 heavy (non-hydrogen) atoms. The van der Waals surface area contributed by atoms with Gasteiger partial charge in [0.15, 0.2) is 9.84 Å². The fraction of sp³-hybridized carbons (Fsp3) is 0.294. The van der Waals surface area contributed by atoms with Gasteiger partial charge in [0, 0.05) is 26.3 Å². The standard InChI is InChI=1S/C17H18N2O4S/c1-18-10-5-8-15(16(18)20)17(21)19-11-9-14(12-19)24(22,23)13-6-3-2-4-7-13/h2-8,10,14H,9,11-12H2,1H3/t14-/m0/s1. The van der Waals surface area contributed by atoms with E-state index in [1.807, 2.05) is 0 Å². The van der Waals surface area contributed by atoms with Gasteiger partial charge in [-0.2, -0.15) is 0 Å². The highest BCUT2D eigenvalue weighted by Gasteiger charge is 2.36. The zero-order chi connectivity index (χ0) is 17.3. The monoisotopic (exact) mass is 346 g/mol.